The molecule has 2 aromatic carbocycles. The van der Waals surface area contributed by atoms with Gasteiger partial charge < -0.3 is 14.8 Å². The van der Waals surface area contributed by atoms with Gasteiger partial charge in [-0.25, -0.2) is 8.42 Å². The molecule has 2 heterocycles. The highest BCUT2D eigenvalue weighted by atomic mass is 35.5. The SMILES string of the molecule is O=C(Nc1ccc2c(c1)OCCO2)C1CCCCN1S(=O)(=O)c1ccc(Cl)cc1. The first kappa shape index (κ1) is 20.0. The fourth-order valence-corrected chi connectivity index (χ4v) is 5.33. The van der Waals surface area contributed by atoms with Crippen LogP contribution in [-0.2, 0) is 14.8 Å². The Labute approximate surface area is 174 Å². The van der Waals surface area contributed by atoms with E-state index in [4.69, 9.17) is 21.1 Å². The number of carbonyl (C=O) groups is 1. The van der Waals surface area contributed by atoms with E-state index >= 15 is 0 Å². The van der Waals surface area contributed by atoms with Crippen molar-refractivity contribution in [3.63, 3.8) is 0 Å². The van der Waals surface area contributed by atoms with Crippen molar-refractivity contribution in [2.24, 2.45) is 0 Å². The van der Waals surface area contributed by atoms with E-state index in [-0.39, 0.29) is 10.8 Å². The molecule has 2 aromatic rings. The number of carbonyl (C=O) groups excluding carboxylic acids is 1. The fourth-order valence-electron chi connectivity index (χ4n) is 3.54. The lowest BCUT2D eigenvalue weighted by atomic mass is 10.0. The van der Waals surface area contributed by atoms with Crippen LogP contribution >= 0.6 is 11.6 Å². The number of fused-ring (bicyclic) bond motifs is 1. The molecule has 0 aliphatic carbocycles. The average molecular weight is 437 g/mol. The van der Waals surface area contributed by atoms with Crippen molar-refractivity contribution in [1.29, 1.82) is 0 Å². The van der Waals surface area contributed by atoms with E-state index in [0.717, 1.165) is 6.42 Å². The molecule has 2 aliphatic heterocycles. The molecule has 7 nitrogen and oxygen atoms in total. The van der Waals surface area contributed by atoms with Crippen molar-refractivity contribution in [3.8, 4) is 11.5 Å². The topological polar surface area (TPSA) is 84.9 Å². The number of ether oxygens (including phenoxy) is 2. The van der Waals surface area contributed by atoms with E-state index in [1.807, 2.05) is 0 Å². The number of hydrogen-bond acceptors (Lipinski definition) is 5. The van der Waals surface area contributed by atoms with Gasteiger partial charge >= 0.3 is 0 Å². The van der Waals surface area contributed by atoms with E-state index in [0.29, 0.717) is 54.8 Å². The third-order valence-corrected chi connectivity index (χ3v) is 7.16. The molecule has 29 heavy (non-hydrogen) atoms. The fraction of sp³-hybridized carbons (Fsp3) is 0.350. The summed E-state index contributed by atoms with van der Waals surface area (Å²) in [6.07, 6.45) is 1.95. The summed E-state index contributed by atoms with van der Waals surface area (Å²) >= 11 is 5.88. The average Bonchev–Trinajstić information content (AvgIpc) is 2.74. The van der Waals surface area contributed by atoms with Crippen LogP contribution in [0.3, 0.4) is 0 Å². The lowest BCUT2D eigenvalue weighted by molar-refractivity contribution is -0.120. The minimum atomic E-state index is -3.81. The molecule has 1 saturated heterocycles. The second kappa shape index (κ2) is 8.22. The molecule has 2 aliphatic rings. The normalized spacial score (nSPS) is 19.6. The minimum Gasteiger partial charge on any atom is -0.486 e. The quantitative estimate of drug-likeness (QED) is 0.794. The lowest BCUT2D eigenvalue weighted by Crippen LogP contribution is -2.49. The van der Waals surface area contributed by atoms with Gasteiger partial charge in [0.15, 0.2) is 11.5 Å². The Hall–Kier alpha value is -2.29. The second-order valence-corrected chi connectivity index (χ2v) is 9.26. The molecule has 1 fully saturated rings. The van der Waals surface area contributed by atoms with Crippen molar-refractivity contribution in [2.45, 2.75) is 30.2 Å². The molecule has 0 aromatic heterocycles. The zero-order valence-corrected chi connectivity index (χ0v) is 17.2. The summed E-state index contributed by atoms with van der Waals surface area (Å²) in [5.74, 6) is 0.820. The van der Waals surface area contributed by atoms with Crippen LogP contribution in [0, 0.1) is 0 Å². The number of nitrogens with one attached hydrogen (secondary N) is 1. The van der Waals surface area contributed by atoms with Gasteiger partial charge in [0.05, 0.1) is 4.90 Å². The van der Waals surface area contributed by atoms with Gasteiger partial charge in [-0.15, -0.1) is 0 Å². The Bertz CT molecular complexity index is 1010. The lowest BCUT2D eigenvalue weighted by Gasteiger charge is -2.33. The van der Waals surface area contributed by atoms with E-state index in [2.05, 4.69) is 5.32 Å². The maximum absolute atomic E-state index is 13.1. The largest absolute Gasteiger partial charge is 0.486 e. The number of halogens is 1. The van der Waals surface area contributed by atoms with Crippen LogP contribution in [0.4, 0.5) is 5.69 Å². The number of sulfonamides is 1. The summed E-state index contributed by atoms with van der Waals surface area (Å²) < 4.78 is 38.6. The molecule has 1 unspecified atom stereocenters. The van der Waals surface area contributed by atoms with Crippen molar-refractivity contribution >= 4 is 33.2 Å². The van der Waals surface area contributed by atoms with E-state index < -0.39 is 16.1 Å². The monoisotopic (exact) mass is 436 g/mol. The molecule has 0 bridgehead atoms. The third-order valence-electron chi connectivity index (χ3n) is 4.99. The summed E-state index contributed by atoms with van der Waals surface area (Å²) in [4.78, 5) is 13.1. The summed E-state index contributed by atoms with van der Waals surface area (Å²) in [6, 6.07) is 10.3. The Morgan fingerprint density at radius 1 is 1.03 bits per heavy atom. The maximum Gasteiger partial charge on any atom is 0.243 e. The van der Waals surface area contributed by atoms with Gasteiger partial charge in [0, 0.05) is 23.3 Å². The highest BCUT2D eigenvalue weighted by molar-refractivity contribution is 7.89. The Morgan fingerprint density at radius 3 is 2.52 bits per heavy atom. The molecule has 154 valence electrons. The first-order chi connectivity index (χ1) is 13.9. The number of hydrogen-bond donors (Lipinski definition) is 1. The summed E-state index contributed by atoms with van der Waals surface area (Å²) in [5.41, 5.74) is 0.536. The van der Waals surface area contributed by atoms with Crippen molar-refractivity contribution in [2.75, 3.05) is 25.1 Å². The highest BCUT2D eigenvalue weighted by Gasteiger charge is 2.37. The van der Waals surface area contributed by atoms with Gasteiger partial charge in [-0.2, -0.15) is 4.31 Å². The predicted octanol–water partition coefficient (Wildman–Crippen LogP) is 3.29. The van der Waals surface area contributed by atoms with Crippen LogP contribution in [0.15, 0.2) is 47.4 Å². The van der Waals surface area contributed by atoms with Crippen molar-refractivity contribution in [1.82, 2.24) is 4.31 Å². The summed E-state index contributed by atoms with van der Waals surface area (Å²) in [5, 5.41) is 3.28. The third kappa shape index (κ3) is 4.19. The number of benzene rings is 2. The maximum atomic E-state index is 13.1. The number of nitrogens with zero attached hydrogens (tertiary/aromatic N) is 1. The van der Waals surface area contributed by atoms with E-state index in [1.54, 1.807) is 18.2 Å². The molecule has 4 rings (SSSR count). The van der Waals surface area contributed by atoms with Crippen LogP contribution in [0.25, 0.3) is 0 Å². The molecule has 1 N–H and O–H groups in total. The van der Waals surface area contributed by atoms with Gasteiger partial charge in [0.2, 0.25) is 15.9 Å². The molecule has 1 amide bonds. The van der Waals surface area contributed by atoms with Gasteiger partial charge in [0.1, 0.15) is 19.3 Å². The van der Waals surface area contributed by atoms with E-state index in [1.165, 1.54) is 28.6 Å². The Balaban J connectivity index is 1.55. The van der Waals surface area contributed by atoms with Crippen LogP contribution in [0.1, 0.15) is 19.3 Å². The number of piperidine rings is 1. The molecule has 9 heteroatoms. The Morgan fingerprint density at radius 2 is 1.76 bits per heavy atom. The van der Waals surface area contributed by atoms with Gasteiger partial charge in [-0.1, -0.05) is 18.0 Å². The first-order valence-corrected chi connectivity index (χ1v) is 11.2. The van der Waals surface area contributed by atoms with Crippen LogP contribution < -0.4 is 14.8 Å². The summed E-state index contributed by atoms with van der Waals surface area (Å²) in [6.45, 7) is 1.22. The molecule has 0 radical (unpaired) electrons. The standard InChI is InChI=1S/C20H21ClN2O5S/c21-14-4-7-16(8-5-14)29(25,26)23-10-2-1-3-17(23)20(24)22-15-6-9-18-19(13-15)28-12-11-27-18/h4-9,13,17H,1-3,10-12H2,(H,22,24). The van der Waals surface area contributed by atoms with Gasteiger partial charge in [0.25, 0.3) is 0 Å². The van der Waals surface area contributed by atoms with Crippen molar-refractivity contribution in [3.05, 3.63) is 47.5 Å². The van der Waals surface area contributed by atoms with Gasteiger partial charge in [-0.05, 0) is 49.2 Å². The molecule has 0 spiro atoms. The predicted molar refractivity (Wildman–Crippen MR) is 109 cm³/mol. The molecular formula is C20H21ClN2O5S. The second-order valence-electron chi connectivity index (χ2n) is 6.93. The molecule has 1 atom stereocenters. The van der Waals surface area contributed by atoms with Crippen molar-refractivity contribution < 1.29 is 22.7 Å². The smallest absolute Gasteiger partial charge is 0.243 e. The number of amides is 1. The highest BCUT2D eigenvalue weighted by Crippen LogP contribution is 2.33. The molecule has 0 saturated carbocycles. The Kier molecular flexibility index (Phi) is 5.67. The first-order valence-electron chi connectivity index (χ1n) is 9.43. The minimum absolute atomic E-state index is 0.126. The number of anilines is 1. The van der Waals surface area contributed by atoms with E-state index in [9.17, 15) is 13.2 Å². The van der Waals surface area contributed by atoms with Crippen LogP contribution in [0.2, 0.25) is 5.02 Å². The summed E-state index contributed by atoms with van der Waals surface area (Å²) in [7, 11) is -3.81. The zero-order chi connectivity index (χ0) is 20.4. The van der Waals surface area contributed by atoms with Crippen LogP contribution in [0.5, 0.6) is 11.5 Å². The van der Waals surface area contributed by atoms with Crippen LogP contribution in [-0.4, -0.2) is 44.4 Å². The molecular weight excluding hydrogens is 416 g/mol. The van der Waals surface area contributed by atoms with Gasteiger partial charge in [-0.3, -0.25) is 4.79 Å². The zero-order valence-electron chi connectivity index (χ0n) is 15.6. The number of rotatable bonds is 4.